The van der Waals surface area contributed by atoms with Crippen LogP contribution in [0.5, 0.6) is 0 Å². The van der Waals surface area contributed by atoms with Crippen molar-refractivity contribution in [2.24, 2.45) is 0 Å². The molecular formula is C15H17NO2. The van der Waals surface area contributed by atoms with Gasteiger partial charge in [-0.15, -0.1) is 0 Å². The first-order valence-electron chi connectivity index (χ1n) is 6.54. The van der Waals surface area contributed by atoms with E-state index in [1.165, 1.54) is 5.56 Å². The molecule has 3 rings (SSSR count). The highest BCUT2D eigenvalue weighted by atomic mass is 16.5. The number of para-hydroxylation sites is 1. The summed E-state index contributed by atoms with van der Waals surface area (Å²) < 4.78 is 5.38. The van der Waals surface area contributed by atoms with Crippen LogP contribution in [0.2, 0.25) is 0 Å². The molecule has 1 N–H and O–H groups in total. The molecule has 0 fully saturated rings. The van der Waals surface area contributed by atoms with Gasteiger partial charge in [-0.1, -0.05) is 25.5 Å². The standard InChI is InChI=1S/C15H17NO2/c1-2-4-10-5-3-6-11-14(10)16-13-7-8-18-9-12(13)15(11)17/h3,5-6H,2,4,7-9H2,1H3,(H,16,17). The Morgan fingerprint density at radius 2 is 2.28 bits per heavy atom. The summed E-state index contributed by atoms with van der Waals surface area (Å²) in [7, 11) is 0. The van der Waals surface area contributed by atoms with E-state index in [0.29, 0.717) is 13.2 Å². The number of rotatable bonds is 2. The van der Waals surface area contributed by atoms with Crippen LogP contribution in [0.25, 0.3) is 10.9 Å². The molecule has 94 valence electrons. The minimum absolute atomic E-state index is 0.136. The number of aromatic nitrogens is 1. The molecule has 3 nitrogen and oxygen atoms in total. The molecule has 1 aliphatic rings. The second-order valence-electron chi connectivity index (χ2n) is 4.80. The molecule has 2 aromatic rings. The van der Waals surface area contributed by atoms with E-state index in [9.17, 15) is 4.79 Å². The monoisotopic (exact) mass is 243 g/mol. The van der Waals surface area contributed by atoms with Gasteiger partial charge in [-0.05, 0) is 18.1 Å². The number of aromatic amines is 1. The number of ether oxygens (including phenoxy) is 1. The molecule has 1 aliphatic heterocycles. The topological polar surface area (TPSA) is 42.1 Å². The van der Waals surface area contributed by atoms with E-state index < -0.39 is 0 Å². The maximum Gasteiger partial charge on any atom is 0.195 e. The Labute approximate surface area is 106 Å². The number of benzene rings is 1. The lowest BCUT2D eigenvalue weighted by Crippen LogP contribution is -2.22. The Kier molecular flexibility index (Phi) is 2.92. The quantitative estimate of drug-likeness (QED) is 0.880. The van der Waals surface area contributed by atoms with Gasteiger partial charge in [-0.3, -0.25) is 4.79 Å². The minimum atomic E-state index is 0.136. The Morgan fingerprint density at radius 3 is 3.11 bits per heavy atom. The minimum Gasteiger partial charge on any atom is -0.376 e. The van der Waals surface area contributed by atoms with Crippen molar-refractivity contribution in [3.63, 3.8) is 0 Å². The van der Waals surface area contributed by atoms with E-state index in [0.717, 1.165) is 41.4 Å². The summed E-state index contributed by atoms with van der Waals surface area (Å²) in [4.78, 5) is 15.9. The van der Waals surface area contributed by atoms with Crippen molar-refractivity contribution in [2.75, 3.05) is 6.61 Å². The molecule has 0 aliphatic carbocycles. The van der Waals surface area contributed by atoms with Gasteiger partial charge in [0.1, 0.15) is 0 Å². The molecule has 1 aromatic heterocycles. The van der Waals surface area contributed by atoms with Crippen LogP contribution in [0.3, 0.4) is 0 Å². The van der Waals surface area contributed by atoms with E-state index in [2.05, 4.69) is 18.0 Å². The van der Waals surface area contributed by atoms with Gasteiger partial charge in [0.05, 0.1) is 18.7 Å². The highest BCUT2D eigenvalue weighted by molar-refractivity contribution is 5.82. The van der Waals surface area contributed by atoms with Crippen LogP contribution >= 0.6 is 0 Å². The lowest BCUT2D eigenvalue weighted by atomic mass is 10.0. The largest absolute Gasteiger partial charge is 0.376 e. The van der Waals surface area contributed by atoms with Gasteiger partial charge in [-0.2, -0.15) is 0 Å². The molecule has 0 unspecified atom stereocenters. The summed E-state index contributed by atoms with van der Waals surface area (Å²) in [6.45, 7) is 3.30. The number of pyridine rings is 1. The Morgan fingerprint density at radius 1 is 1.39 bits per heavy atom. The number of hydrogen-bond donors (Lipinski definition) is 1. The SMILES string of the molecule is CCCc1cccc2c(=O)c3c([nH]c12)CCOC3. The predicted molar refractivity (Wildman–Crippen MR) is 71.9 cm³/mol. The molecule has 3 heteroatoms. The van der Waals surface area contributed by atoms with E-state index in [4.69, 9.17) is 4.74 Å². The molecule has 0 amide bonds. The summed E-state index contributed by atoms with van der Waals surface area (Å²) in [5.74, 6) is 0. The second kappa shape index (κ2) is 4.58. The highest BCUT2D eigenvalue weighted by Crippen LogP contribution is 2.20. The van der Waals surface area contributed by atoms with Crippen LogP contribution in [0, 0.1) is 0 Å². The number of nitrogens with one attached hydrogen (secondary N) is 1. The lowest BCUT2D eigenvalue weighted by molar-refractivity contribution is 0.109. The number of H-pyrrole nitrogens is 1. The van der Waals surface area contributed by atoms with Gasteiger partial charge in [0.2, 0.25) is 0 Å². The molecule has 2 heterocycles. The van der Waals surface area contributed by atoms with Crippen molar-refractivity contribution in [3.8, 4) is 0 Å². The second-order valence-corrected chi connectivity index (χ2v) is 4.80. The first-order valence-corrected chi connectivity index (χ1v) is 6.54. The average Bonchev–Trinajstić information content (AvgIpc) is 2.40. The maximum absolute atomic E-state index is 12.4. The fourth-order valence-corrected chi connectivity index (χ4v) is 2.66. The van der Waals surface area contributed by atoms with Gasteiger partial charge < -0.3 is 9.72 Å². The van der Waals surface area contributed by atoms with Crippen molar-refractivity contribution in [3.05, 3.63) is 45.2 Å². The number of fused-ring (bicyclic) bond motifs is 2. The Balaban J connectivity index is 2.31. The summed E-state index contributed by atoms with van der Waals surface area (Å²) in [6, 6.07) is 5.98. The van der Waals surface area contributed by atoms with Gasteiger partial charge in [0.25, 0.3) is 0 Å². The van der Waals surface area contributed by atoms with Crippen LogP contribution < -0.4 is 5.43 Å². The van der Waals surface area contributed by atoms with Crippen LogP contribution in [0.15, 0.2) is 23.0 Å². The third-order valence-electron chi connectivity index (χ3n) is 3.57. The molecule has 18 heavy (non-hydrogen) atoms. The predicted octanol–water partition coefficient (Wildman–Crippen LogP) is 2.55. The molecule has 1 aromatic carbocycles. The zero-order valence-corrected chi connectivity index (χ0v) is 10.6. The van der Waals surface area contributed by atoms with E-state index in [-0.39, 0.29) is 5.43 Å². The van der Waals surface area contributed by atoms with Crippen LogP contribution in [0.4, 0.5) is 0 Å². The zero-order valence-electron chi connectivity index (χ0n) is 10.6. The summed E-state index contributed by atoms with van der Waals surface area (Å²) in [5.41, 5.74) is 4.26. The molecule has 0 atom stereocenters. The average molecular weight is 243 g/mol. The van der Waals surface area contributed by atoms with E-state index in [1.54, 1.807) is 0 Å². The molecule has 0 bridgehead atoms. The third kappa shape index (κ3) is 1.75. The number of hydrogen-bond acceptors (Lipinski definition) is 2. The first kappa shape index (κ1) is 11.5. The summed E-state index contributed by atoms with van der Waals surface area (Å²) in [6.07, 6.45) is 2.89. The normalized spacial score (nSPS) is 14.7. The smallest absolute Gasteiger partial charge is 0.195 e. The summed E-state index contributed by atoms with van der Waals surface area (Å²) >= 11 is 0. The van der Waals surface area contributed by atoms with E-state index >= 15 is 0 Å². The maximum atomic E-state index is 12.4. The van der Waals surface area contributed by atoms with Gasteiger partial charge in [-0.25, -0.2) is 0 Å². The van der Waals surface area contributed by atoms with Crippen LogP contribution in [-0.2, 0) is 24.2 Å². The summed E-state index contributed by atoms with van der Waals surface area (Å²) in [5, 5.41) is 0.796. The molecular weight excluding hydrogens is 226 g/mol. The zero-order chi connectivity index (χ0) is 12.5. The molecule has 0 spiro atoms. The van der Waals surface area contributed by atoms with Crippen molar-refractivity contribution in [2.45, 2.75) is 32.8 Å². The van der Waals surface area contributed by atoms with Crippen molar-refractivity contribution >= 4 is 10.9 Å². The van der Waals surface area contributed by atoms with Gasteiger partial charge >= 0.3 is 0 Å². The van der Waals surface area contributed by atoms with Crippen molar-refractivity contribution in [1.29, 1.82) is 0 Å². The van der Waals surface area contributed by atoms with E-state index in [1.807, 2.05) is 12.1 Å². The lowest BCUT2D eigenvalue weighted by Gasteiger charge is -2.17. The molecule has 0 saturated heterocycles. The molecule has 0 radical (unpaired) electrons. The first-order chi connectivity index (χ1) is 8.81. The fourth-order valence-electron chi connectivity index (χ4n) is 2.66. The van der Waals surface area contributed by atoms with Crippen molar-refractivity contribution in [1.82, 2.24) is 4.98 Å². The highest BCUT2D eigenvalue weighted by Gasteiger charge is 2.16. The fraction of sp³-hybridized carbons (Fsp3) is 0.400. The Hall–Kier alpha value is -1.61. The Bertz CT molecular complexity index is 643. The third-order valence-corrected chi connectivity index (χ3v) is 3.57. The van der Waals surface area contributed by atoms with Crippen LogP contribution in [-0.4, -0.2) is 11.6 Å². The molecule has 0 saturated carbocycles. The number of aryl methyl sites for hydroxylation is 1. The van der Waals surface area contributed by atoms with Crippen LogP contribution in [0.1, 0.15) is 30.2 Å². The van der Waals surface area contributed by atoms with Crippen molar-refractivity contribution < 1.29 is 4.74 Å². The van der Waals surface area contributed by atoms with Gasteiger partial charge in [0.15, 0.2) is 5.43 Å². The van der Waals surface area contributed by atoms with Gasteiger partial charge in [0, 0.05) is 23.1 Å².